The molecule has 3 aromatic heterocycles. The van der Waals surface area contributed by atoms with Crippen LogP contribution in [-0.2, 0) is 0 Å². The number of fused-ring (bicyclic) bond motifs is 6. The van der Waals surface area contributed by atoms with E-state index in [-0.39, 0.29) is 0 Å². The topological polar surface area (TPSA) is 51.6 Å². The van der Waals surface area contributed by atoms with Crippen LogP contribution in [0.1, 0.15) is 0 Å². The van der Waals surface area contributed by atoms with Crippen molar-refractivity contribution < 1.29 is 0 Å². The molecule has 0 radical (unpaired) electrons. The molecule has 0 aliphatic carbocycles. The Bertz CT molecular complexity index is 2850. The van der Waals surface area contributed by atoms with Crippen molar-refractivity contribution in [3.8, 4) is 44.5 Å². The second kappa shape index (κ2) is 11.4. The summed E-state index contributed by atoms with van der Waals surface area (Å²) < 4.78 is 0. The minimum Gasteiger partial charge on any atom is -0.264 e. The highest BCUT2D eigenvalue weighted by Gasteiger charge is 2.22. The molecule has 0 fully saturated rings. The van der Waals surface area contributed by atoms with Crippen LogP contribution in [0.25, 0.3) is 98.4 Å². The molecular formula is C46H28N4. The van der Waals surface area contributed by atoms with Crippen molar-refractivity contribution in [3.63, 3.8) is 0 Å². The SMILES string of the molecule is c1cncc(-c2c3ccccc3c(-c3cccnc3)c3c2ccc2c(-c4c5ccccc5c(-c5cncnc5)c5ccccc45)cccc23)c1. The third-order valence-electron chi connectivity index (χ3n) is 10.00. The van der Waals surface area contributed by atoms with E-state index in [9.17, 15) is 0 Å². The smallest absolute Gasteiger partial charge is 0.115 e. The molecule has 0 saturated heterocycles. The van der Waals surface area contributed by atoms with Crippen LogP contribution in [0.5, 0.6) is 0 Å². The first kappa shape index (κ1) is 28.3. The van der Waals surface area contributed by atoms with Gasteiger partial charge in [-0.05, 0) is 88.2 Å². The van der Waals surface area contributed by atoms with E-state index in [1.807, 2.05) is 49.3 Å². The van der Waals surface area contributed by atoms with Gasteiger partial charge in [0.1, 0.15) is 6.33 Å². The number of nitrogens with zero attached hydrogens (tertiary/aromatic N) is 4. The summed E-state index contributed by atoms with van der Waals surface area (Å²) in [5.74, 6) is 0. The highest BCUT2D eigenvalue weighted by Crippen LogP contribution is 2.49. The third kappa shape index (κ3) is 4.25. The fraction of sp³-hybridized carbons (Fsp3) is 0. The van der Waals surface area contributed by atoms with Crippen molar-refractivity contribution in [2.45, 2.75) is 0 Å². The van der Waals surface area contributed by atoms with Crippen molar-refractivity contribution in [3.05, 3.63) is 171 Å². The number of hydrogen-bond donors (Lipinski definition) is 0. The lowest BCUT2D eigenvalue weighted by Crippen LogP contribution is -1.94. The first-order valence-electron chi connectivity index (χ1n) is 16.8. The van der Waals surface area contributed by atoms with Crippen molar-refractivity contribution in [2.75, 3.05) is 0 Å². The molecule has 0 atom stereocenters. The Morgan fingerprint density at radius 2 is 0.740 bits per heavy atom. The van der Waals surface area contributed by atoms with Crippen LogP contribution in [0.4, 0.5) is 0 Å². The van der Waals surface area contributed by atoms with Gasteiger partial charge in [0.15, 0.2) is 0 Å². The van der Waals surface area contributed by atoms with E-state index >= 15 is 0 Å². The molecule has 0 aliphatic heterocycles. The van der Waals surface area contributed by atoms with Gasteiger partial charge in [-0.3, -0.25) is 9.97 Å². The Kier molecular flexibility index (Phi) is 6.46. The number of rotatable bonds is 4. The summed E-state index contributed by atoms with van der Waals surface area (Å²) in [4.78, 5) is 17.9. The van der Waals surface area contributed by atoms with Gasteiger partial charge in [-0.25, -0.2) is 9.97 Å². The van der Waals surface area contributed by atoms with Gasteiger partial charge in [0.25, 0.3) is 0 Å². The Morgan fingerprint density at radius 3 is 1.30 bits per heavy atom. The van der Waals surface area contributed by atoms with Crippen LogP contribution in [-0.4, -0.2) is 19.9 Å². The van der Waals surface area contributed by atoms with Gasteiger partial charge in [-0.2, -0.15) is 0 Å². The minimum absolute atomic E-state index is 1.01. The molecule has 0 saturated carbocycles. The van der Waals surface area contributed by atoms with Gasteiger partial charge in [0.05, 0.1) is 0 Å². The van der Waals surface area contributed by atoms with Crippen molar-refractivity contribution in [1.82, 2.24) is 19.9 Å². The summed E-state index contributed by atoms with van der Waals surface area (Å²) in [5, 5.41) is 11.9. The van der Waals surface area contributed by atoms with Gasteiger partial charge >= 0.3 is 0 Å². The molecule has 0 bridgehead atoms. The van der Waals surface area contributed by atoms with Crippen LogP contribution in [0.15, 0.2) is 171 Å². The van der Waals surface area contributed by atoms with E-state index in [4.69, 9.17) is 0 Å². The lowest BCUT2D eigenvalue weighted by molar-refractivity contribution is 1.17. The minimum atomic E-state index is 1.01. The second-order valence-corrected chi connectivity index (χ2v) is 12.6. The zero-order valence-electron chi connectivity index (χ0n) is 27.0. The predicted octanol–water partition coefficient (Wildman–Crippen LogP) is 11.7. The summed E-state index contributed by atoms with van der Waals surface area (Å²) >= 11 is 0. The fourth-order valence-electron chi connectivity index (χ4n) is 8.04. The van der Waals surface area contributed by atoms with Crippen LogP contribution >= 0.6 is 0 Å². The van der Waals surface area contributed by atoms with Gasteiger partial charge in [-0.15, -0.1) is 0 Å². The number of benzene rings is 7. The standard InChI is InChI=1S/C46H28N4/c1-4-15-38-35(12-1)42(29-10-8-22-47-24-29)41-21-20-32-33(18-7-19-34(32)46(41)44(38)30-11-9-23-48-25-30)45-39-16-5-2-13-36(39)43(31-26-49-28-50-27-31)37-14-3-6-17-40(37)45/h1-28H. The molecule has 0 N–H and O–H groups in total. The molecule has 0 aliphatic rings. The van der Waals surface area contributed by atoms with E-state index in [0.29, 0.717) is 0 Å². The molecule has 10 rings (SSSR count). The summed E-state index contributed by atoms with van der Waals surface area (Å²) in [6.45, 7) is 0. The zero-order valence-corrected chi connectivity index (χ0v) is 27.0. The van der Waals surface area contributed by atoms with Crippen LogP contribution < -0.4 is 0 Å². The first-order valence-corrected chi connectivity index (χ1v) is 16.8. The molecule has 4 heteroatoms. The monoisotopic (exact) mass is 636 g/mol. The van der Waals surface area contributed by atoms with Gasteiger partial charge in [0, 0.05) is 59.4 Å². The molecule has 3 heterocycles. The maximum atomic E-state index is 4.58. The Balaban J connectivity index is 1.39. The van der Waals surface area contributed by atoms with E-state index in [0.717, 1.165) is 22.3 Å². The number of pyridine rings is 2. The van der Waals surface area contributed by atoms with Crippen LogP contribution in [0, 0.1) is 0 Å². The summed E-state index contributed by atoms with van der Waals surface area (Å²) in [7, 11) is 0. The van der Waals surface area contributed by atoms with E-state index < -0.39 is 0 Å². The van der Waals surface area contributed by atoms with Crippen molar-refractivity contribution in [2.24, 2.45) is 0 Å². The molecular weight excluding hydrogens is 609 g/mol. The summed E-state index contributed by atoms with van der Waals surface area (Å²) in [6.07, 6.45) is 13.1. The van der Waals surface area contributed by atoms with Gasteiger partial charge in [0.2, 0.25) is 0 Å². The average Bonchev–Trinajstić information content (AvgIpc) is 3.19. The average molecular weight is 637 g/mol. The molecule has 0 amide bonds. The molecule has 0 unspecified atom stereocenters. The van der Waals surface area contributed by atoms with E-state index in [1.54, 1.807) is 6.33 Å². The summed E-state index contributed by atoms with van der Waals surface area (Å²) in [6, 6.07) is 46.0. The fourth-order valence-corrected chi connectivity index (χ4v) is 8.04. The van der Waals surface area contributed by atoms with Crippen LogP contribution in [0.2, 0.25) is 0 Å². The summed E-state index contributed by atoms with van der Waals surface area (Å²) in [5.41, 5.74) is 9.14. The Labute approximate surface area is 288 Å². The van der Waals surface area contributed by atoms with Gasteiger partial charge in [-0.1, -0.05) is 115 Å². The highest BCUT2D eigenvalue weighted by molar-refractivity contribution is 6.30. The molecule has 4 nitrogen and oxygen atoms in total. The highest BCUT2D eigenvalue weighted by atomic mass is 14.8. The number of hydrogen-bond acceptors (Lipinski definition) is 4. The number of aromatic nitrogens is 4. The van der Waals surface area contributed by atoms with Crippen LogP contribution in [0.3, 0.4) is 0 Å². The Morgan fingerprint density at radius 1 is 0.280 bits per heavy atom. The Hall–Kier alpha value is -6.78. The van der Waals surface area contributed by atoms with Gasteiger partial charge < -0.3 is 0 Å². The molecule has 232 valence electrons. The molecule has 10 aromatic rings. The largest absolute Gasteiger partial charge is 0.264 e. The normalized spacial score (nSPS) is 11.6. The lowest BCUT2D eigenvalue weighted by Gasteiger charge is -2.21. The molecule has 50 heavy (non-hydrogen) atoms. The quantitative estimate of drug-likeness (QED) is 0.142. The van der Waals surface area contributed by atoms with E-state index in [1.165, 1.54) is 76.1 Å². The van der Waals surface area contributed by atoms with Crippen molar-refractivity contribution in [1.29, 1.82) is 0 Å². The first-order chi connectivity index (χ1) is 24.9. The zero-order chi connectivity index (χ0) is 33.0. The molecule has 0 spiro atoms. The van der Waals surface area contributed by atoms with Crippen molar-refractivity contribution >= 4 is 53.9 Å². The second-order valence-electron chi connectivity index (χ2n) is 12.6. The lowest BCUT2D eigenvalue weighted by atomic mass is 9.82. The third-order valence-corrected chi connectivity index (χ3v) is 10.00. The predicted molar refractivity (Wildman–Crippen MR) is 207 cm³/mol. The van der Waals surface area contributed by atoms with E-state index in [2.05, 4.69) is 135 Å². The maximum absolute atomic E-state index is 4.58. The maximum Gasteiger partial charge on any atom is 0.115 e. The molecule has 7 aromatic carbocycles.